The van der Waals surface area contributed by atoms with Gasteiger partial charge in [0.2, 0.25) is 6.41 Å². The van der Waals surface area contributed by atoms with E-state index >= 15 is 0 Å². The second-order valence-corrected chi connectivity index (χ2v) is 6.31. The highest BCUT2D eigenvalue weighted by Crippen LogP contribution is 2.34. The molecule has 6 heteroatoms. The van der Waals surface area contributed by atoms with E-state index in [0.29, 0.717) is 23.7 Å². The van der Waals surface area contributed by atoms with Gasteiger partial charge in [-0.25, -0.2) is 14.4 Å². The summed E-state index contributed by atoms with van der Waals surface area (Å²) < 4.78 is 16.5. The Balaban J connectivity index is 1.84. The van der Waals surface area contributed by atoms with Crippen molar-refractivity contribution in [2.75, 3.05) is 5.32 Å². The fourth-order valence-corrected chi connectivity index (χ4v) is 2.97. The zero-order valence-corrected chi connectivity index (χ0v) is 13.3. The second kappa shape index (κ2) is 5.70. The van der Waals surface area contributed by atoms with Crippen LogP contribution in [-0.4, -0.2) is 20.9 Å². The molecule has 0 aliphatic heterocycles. The van der Waals surface area contributed by atoms with Crippen LogP contribution >= 0.6 is 0 Å². The van der Waals surface area contributed by atoms with Crippen molar-refractivity contribution < 1.29 is 9.18 Å². The van der Waals surface area contributed by atoms with Gasteiger partial charge in [-0.05, 0) is 60.6 Å². The van der Waals surface area contributed by atoms with E-state index in [2.05, 4.69) is 15.3 Å². The van der Waals surface area contributed by atoms with Gasteiger partial charge >= 0.3 is 0 Å². The number of aryl methyl sites for hydroxylation is 1. The molecule has 1 aliphatic carbocycles. The van der Waals surface area contributed by atoms with Crippen molar-refractivity contribution in [1.82, 2.24) is 14.5 Å². The van der Waals surface area contributed by atoms with E-state index in [1.165, 1.54) is 18.9 Å². The molecule has 1 saturated carbocycles. The molecule has 0 unspecified atom stereocenters. The molecule has 1 fully saturated rings. The standard InChI is InChI=1S/C18H17FN4O/c1-11-7-20-17(22-10-24)6-14(11)13-4-15(19)18-16(5-13)23(9-21-18)8-12-2-3-12/h4-7,9-10,12H,2-3,8H2,1H3,(H,20,22,24). The first-order valence-corrected chi connectivity index (χ1v) is 7.97. The van der Waals surface area contributed by atoms with Crippen LogP contribution < -0.4 is 5.32 Å². The summed E-state index contributed by atoms with van der Waals surface area (Å²) in [6, 6.07) is 5.20. The summed E-state index contributed by atoms with van der Waals surface area (Å²) in [5, 5.41) is 2.53. The number of hydrogen-bond donors (Lipinski definition) is 1. The molecule has 2 aromatic heterocycles. The van der Waals surface area contributed by atoms with Crippen LogP contribution in [0.2, 0.25) is 0 Å². The van der Waals surface area contributed by atoms with Gasteiger partial charge in [0.1, 0.15) is 11.3 Å². The minimum atomic E-state index is -0.335. The highest BCUT2D eigenvalue weighted by molar-refractivity contribution is 5.84. The van der Waals surface area contributed by atoms with Crippen LogP contribution in [-0.2, 0) is 11.3 Å². The summed E-state index contributed by atoms with van der Waals surface area (Å²) in [6.07, 6.45) is 6.42. The molecule has 0 saturated heterocycles. The first-order chi connectivity index (χ1) is 11.7. The quantitative estimate of drug-likeness (QED) is 0.731. The monoisotopic (exact) mass is 324 g/mol. The predicted molar refractivity (Wildman–Crippen MR) is 90.1 cm³/mol. The van der Waals surface area contributed by atoms with Crippen LogP contribution in [0.25, 0.3) is 22.2 Å². The Labute approximate surface area is 138 Å². The second-order valence-electron chi connectivity index (χ2n) is 6.31. The summed E-state index contributed by atoms with van der Waals surface area (Å²) >= 11 is 0. The van der Waals surface area contributed by atoms with Gasteiger partial charge in [0.15, 0.2) is 5.82 Å². The largest absolute Gasteiger partial charge is 0.330 e. The van der Waals surface area contributed by atoms with Crippen molar-refractivity contribution in [1.29, 1.82) is 0 Å². The average Bonchev–Trinajstić information content (AvgIpc) is 3.29. The van der Waals surface area contributed by atoms with Gasteiger partial charge in [0, 0.05) is 12.7 Å². The van der Waals surface area contributed by atoms with Crippen LogP contribution in [0.5, 0.6) is 0 Å². The number of carbonyl (C=O) groups excluding carboxylic acids is 1. The normalized spacial score (nSPS) is 14.1. The highest BCUT2D eigenvalue weighted by Gasteiger charge is 2.23. The molecular weight excluding hydrogens is 307 g/mol. The number of benzene rings is 1. The molecule has 1 N–H and O–H groups in total. The minimum absolute atomic E-state index is 0.335. The molecule has 1 aromatic carbocycles. The molecule has 0 bridgehead atoms. The SMILES string of the molecule is Cc1cnc(NC=O)cc1-c1cc(F)c2ncn(CC3CC3)c2c1. The molecular formula is C18H17FN4O. The number of fused-ring (bicyclic) bond motifs is 1. The molecule has 0 radical (unpaired) electrons. The number of amides is 1. The molecule has 0 atom stereocenters. The number of imidazole rings is 1. The number of carbonyl (C=O) groups is 1. The number of aromatic nitrogens is 3. The number of pyridine rings is 1. The smallest absolute Gasteiger partial charge is 0.212 e. The maximum atomic E-state index is 14.5. The fourth-order valence-electron chi connectivity index (χ4n) is 2.97. The van der Waals surface area contributed by atoms with Crippen molar-refractivity contribution in [3.63, 3.8) is 0 Å². The Morgan fingerprint density at radius 2 is 2.17 bits per heavy atom. The van der Waals surface area contributed by atoms with E-state index in [9.17, 15) is 9.18 Å². The lowest BCUT2D eigenvalue weighted by atomic mass is 10.0. The summed E-state index contributed by atoms with van der Waals surface area (Å²) in [6.45, 7) is 2.79. The number of anilines is 1. The lowest BCUT2D eigenvalue weighted by molar-refractivity contribution is -0.105. The lowest BCUT2D eigenvalue weighted by Crippen LogP contribution is -1.99. The van der Waals surface area contributed by atoms with E-state index in [-0.39, 0.29) is 5.82 Å². The van der Waals surface area contributed by atoms with Crippen LogP contribution in [0.15, 0.2) is 30.7 Å². The predicted octanol–water partition coefficient (Wildman–Crippen LogP) is 3.52. The average molecular weight is 324 g/mol. The zero-order chi connectivity index (χ0) is 16.7. The molecule has 2 heterocycles. The zero-order valence-electron chi connectivity index (χ0n) is 13.3. The van der Waals surface area contributed by atoms with Crippen molar-refractivity contribution in [2.45, 2.75) is 26.3 Å². The maximum Gasteiger partial charge on any atom is 0.212 e. The summed E-state index contributed by atoms with van der Waals surface area (Å²) in [4.78, 5) is 19.0. The van der Waals surface area contributed by atoms with Gasteiger partial charge in [0.25, 0.3) is 0 Å². The van der Waals surface area contributed by atoms with Gasteiger partial charge in [-0.15, -0.1) is 0 Å². The molecule has 1 aliphatic rings. The molecule has 122 valence electrons. The van der Waals surface area contributed by atoms with Crippen molar-refractivity contribution >= 4 is 23.3 Å². The molecule has 5 nitrogen and oxygen atoms in total. The van der Waals surface area contributed by atoms with Crippen molar-refractivity contribution in [2.24, 2.45) is 5.92 Å². The number of halogens is 1. The van der Waals surface area contributed by atoms with Crippen LogP contribution in [0.4, 0.5) is 10.2 Å². The Morgan fingerprint density at radius 1 is 1.33 bits per heavy atom. The van der Waals surface area contributed by atoms with E-state index in [1.807, 2.05) is 17.6 Å². The number of rotatable bonds is 5. The number of nitrogens with zero attached hydrogens (tertiary/aromatic N) is 3. The van der Waals surface area contributed by atoms with E-state index in [0.717, 1.165) is 28.8 Å². The third kappa shape index (κ3) is 2.64. The molecule has 1 amide bonds. The molecule has 4 rings (SSSR count). The number of hydrogen-bond acceptors (Lipinski definition) is 3. The Kier molecular flexibility index (Phi) is 3.52. The third-order valence-electron chi connectivity index (χ3n) is 4.45. The maximum absolute atomic E-state index is 14.5. The lowest BCUT2D eigenvalue weighted by Gasteiger charge is -2.10. The Hall–Kier alpha value is -2.76. The van der Waals surface area contributed by atoms with E-state index in [4.69, 9.17) is 0 Å². The third-order valence-corrected chi connectivity index (χ3v) is 4.45. The summed E-state index contributed by atoms with van der Waals surface area (Å²) in [7, 11) is 0. The minimum Gasteiger partial charge on any atom is -0.330 e. The topological polar surface area (TPSA) is 59.8 Å². The van der Waals surface area contributed by atoms with Gasteiger partial charge in [-0.3, -0.25) is 4.79 Å². The van der Waals surface area contributed by atoms with E-state index in [1.54, 1.807) is 18.6 Å². The van der Waals surface area contributed by atoms with Crippen LogP contribution in [0, 0.1) is 18.7 Å². The van der Waals surface area contributed by atoms with Gasteiger partial charge in [-0.2, -0.15) is 0 Å². The van der Waals surface area contributed by atoms with Gasteiger partial charge in [0.05, 0.1) is 11.8 Å². The molecule has 0 spiro atoms. The van der Waals surface area contributed by atoms with Gasteiger partial charge in [-0.1, -0.05) is 0 Å². The highest BCUT2D eigenvalue weighted by atomic mass is 19.1. The Bertz CT molecular complexity index is 930. The first kappa shape index (κ1) is 14.8. The molecule has 24 heavy (non-hydrogen) atoms. The van der Waals surface area contributed by atoms with Crippen LogP contribution in [0.3, 0.4) is 0 Å². The van der Waals surface area contributed by atoms with E-state index < -0.39 is 0 Å². The number of nitrogens with one attached hydrogen (secondary N) is 1. The van der Waals surface area contributed by atoms with Crippen molar-refractivity contribution in [3.05, 3.63) is 42.1 Å². The fraction of sp³-hybridized carbons (Fsp3) is 0.278. The first-order valence-electron chi connectivity index (χ1n) is 7.97. The summed E-state index contributed by atoms with van der Waals surface area (Å²) in [5.41, 5.74) is 3.72. The Morgan fingerprint density at radius 3 is 2.92 bits per heavy atom. The molecule has 3 aromatic rings. The van der Waals surface area contributed by atoms with Crippen molar-refractivity contribution in [3.8, 4) is 11.1 Å². The summed E-state index contributed by atoms with van der Waals surface area (Å²) in [5.74, 6) is 0.788. The van der Waals surface area contributed by atoms with Gasteiger partial charge < -0.3 is 9.88 Å². The van der Waals surface area contributed by atoms with Crippen LogP contribution in [0.1, 0.15) is 18.4 Å².